The SMILES string of the molecule is CCCCCCCCOc1ccc(C(=O)Oc2ccc(N=Nc3ccc(Cl)cc3)c3ccccc23)cc1. The third-order valence-electron chi connectivity index (χ3n) is 6.02. The molecule has 5 nitrogen and oxygen atoms in total. The first-order valence-corrected chi connectivity index (χ1v) is 13.2. The van der Waals surface area contributed by atoms with Gasteiger partial charge in [-0.15, -0.1) is 5.11 Å². The molecule has 0 bridgehead atoms. The average molecular weight is 515 g/mol. The molecule has 0 amide bonds. The number of nitrogens with zero attached hydrogens (tertiary/aromatic N) is 2. The lowest BCUT2D eigenvalue weighted by molar-refractivity contribution is 0.0737. The number of unbranched alkanes of at least 4 members (excludes halogenated alkanes) is 5. The summed E-state index contributed by atoms with van der Waals surface area (Å²) in [6, 6.07) is 25.4. The first-order valence-electron chi connectivity index (χ1n) is 12.8. The lowest BCUT2D eigenvalue weighted by Gasteiger charge is -2.10. The molecule has 0 aliphatic heterocycles. The second kappa shape index (κ2) is 13.6. The molecule has 190 valence electrons. The highest BCUT2D eigenvalue weighted by Crippen LogP contribution is 2.34. The van der Waals surface area contributed by atoms with E-state index in [9.17, 15) is 4.79 Å². The molecule has 0 N–H and O–H groups in total. The molecule has 0 atom stereocenters. The topological polar surface area (TPSA) is 60.2 Å². The highest BCUT2D eigenvalue weighted by Gasteiger charge is 2.13. The molecule has 4 aromatic rings. The van der Waals surface area contributed by atoms with Crippen LogP contribution in [0.1, 0.15) is 55.8 Å². The van der Waals surface area contributed by atoms with Gasteiger partial charge >= 0.3 is 5.97 Å². The van der Waals surface area contributed by atoms with Crippen molar-refractivity contribution >= 4 is 39.7 Å². The van der Waals surface area contributed by atoms with E-state index in [1.54, 1.807) is 48.5 Å². The lowest BCUT2D eigenvalue weighted by atomic mass is 10.1. The quantitative estimate of drug-likeness (QED) is 0.0817. The molecule has 0 saturated carbocycles. The number of fused-ring (bicyclic) bond motifs is 1. The van der Waals surface area contributed by atoms with Crippen molar-refractivity contribution in [1.29, 1.82) is 0 Å². The monoisotopic (exact) mass is 514 g/mol. The summed E-state index contributed by atoms with van der Waals surface area (Å²) in [4.78, 5) is 12.9. The molecule has 0 aliphatic rings. The molecule has 0 radical (unpaired) electrons. The summed E-state index contributed by atoms with van der Waals surface area (Å²) in [5.41, 5.74) is 1.84. The molecule has 6 heteroatoms. The maximum atomic E-state index is 12.9. The number of carbonyl (C=O) groups excluding carboxylic acids is 1. The van der Waals surface area contributed by atoms with Crippen LogP contribution in [0.25, 0.3) is 10.8 Å². The zero-order valence-corrected chi connectivity index (χ0v) is 21.8. The zero-order valence-electron chi connectivity index (χ0n) is 21.0. The predicted molar refractivity (Wildman–Crippen MR) is 150 cm³/mol. The normalized spacial score (nSPS) is 11.2. The fourth-order valence-electron chi connectivity index (χ4n) is 3.97. The number of rotatable bonds is 12. The standard InChI is InChI=1S/C31H31ClN2O3/c1-2-3-4-5-6-9-22-36-26-18-12-23(13-19-26)31(35)37-30-21-20-29(27-10-7-8-11-28(27)30)34-33-25-16-14-24(32)15-17-25/h7-8,10-21H,2-6,9,22H2,1H3. The van der Waals surface area contributed by atoms with Crippen molar-refractivity contribution in [3.8, 4) is 11.5 Å². The van der Waals surface area contributed by atoms with Crippen molar-refractivity contribution in [2.24, 2.45) is 10.2 Å². The summed E-state index contributed by atoms with van der Waals surface area (Å²) in [6.45, 7) is 2.91. The van der Waals surface area contributed by atoms with E-state index >= 15 is 0 Å². The number of esters is 1. The van der Waals surface area contributed by atoms with E-state index in [0.29, 0.717) is 34.3 Å². The smallest absolute Gasteiger partial charge is 0.343 e. The van der Waals surface area contributed by atoms with Crippen LogP contribution in [0.2, 0.25) is 5.02 Å². The molecule has 4 rings (SSSR count). The number of hydrogen-bond acceptors (Lipinski definition) is 5. The number of carbonyl (C=O) groups is 1. The largest absolute Gasteiger partial charge is 0.494 e. The van der Waals surface area contributed by atoms with Gasteiger partial charge < -0.3 is 9.47 Å². The van der Waals surface area contributed by atoms with E-state index < -0.39 is 5.97 Å². The molecule has 0 aromatic heterocycles. The molecular weight excluding hydrogens is 484 g/mol. The molecular formula is C31H31ClN2O3. The molecule has 4 aromatic carbocycles. The van der Waals surface area contributed by atoms with Crippen LogP contribution < -0.4 is 9.47 Å². The first-order chi connectivity index (χ1) is 18.1. The van der Waals surface area contributed by atoms with Crippen LogP contribution >= 0.6 is 11.6 Å². The highest BCUT2D eigenvalue weighted by molar-refractivity contribution is 6.30. The highest BCUT2D eigenvalue weighted by atomic mass is 35.5. The maximum absolute atomic E-state index is 12.9. The van der Waals surface area contributed by atoms with Crippen LogP contribution in [0.5, 0.6) is 11.5 Å². The minimum Gasteiger partial charge on any atom is -0.494 e. The molecule has 0 spiro atoms. The van der Waals surface area contributed by atoms with Gasteiger partial charge in [-0.2, -0.15) is 5.11 Å². The molecule has 0 aliphatic carbocycles. The molecule has 37 heavy (non-hydrogen) atoms. The number of ether oxygens (including phenoxy) is 2. The van der Waals surface area contributed by atoms with E-state index in [-0.39, 0.29) is 0 Å². The van der Waals surface area contributed by atoms with Gasteiger partial charge in [0, 0.05) is 15.8 Å². The Morgan fingerprint density at radius 3 is 2.22 bits per heavy atom. The van der Waals surface area contributed by atoms with Crippen molar-refractivity contribution in [2.45, 2.75) is 45.4 Å². The van der Waals surface area contributed by atoms with Crippen LogP contribution in [-0.4, -0.2) is 12.6 Å². The van der Waals surface area contributed by atoms with E-state index in [4.69, 9.17) is 21.1 Å². The van der Waals surface area contributed by atoms with Crippen LogP contribution in [0, 0.1) is 0 Å². The van der Waals surface area contributed by atoms with Crippen molar-refractivity contribution in [1.82, 2.24) is 0 Å². The van der Waals surface area contributed by atoms with Crippen molar-refractivity contribution in [3.63, 3.8) is 0 Å². The molecule has 0 unspecified atom stereocenters. The Labute approximate surface area is 223 Å². The predicted octanol–water partition coefficient (Wildman–Crippen LogP) is 9.87. The third kappa shape index (κ3) is 7.64. The maximum Gasteiger partial charge on any atom is 0.343 e. The average Bonchev–Trinajstić information content (AvgIpc) is 2.93. The fraction of sp³-hybridized carbons (Fsp3) is 0.258. The summed E-state index contributed by atoms with van der Waals surface area (Å²) < 4.78 is 11.6. The van der Waals surface area contributed by atoms with Gasteiger partial charge in [0.15, 0.2) is 0 Å². The minimum atomic E-state index is -0.428. The lowest BCUT2D eigenvalue weighted by Crippen LogP contribution is -2.08. The van der Waals surface area contributed by atoms with Crippen LogP contribution in [0.3, 0.4) is 0 Å². The first kappa shape index (κ1) is 26.4. The van der Waals surface area contributed by atoms with Gasteiger partial charge in [0.2, 0.25) is 0 Å². The van der Waals surface area contributed by atoms with Gasteiger partial charge in [0.1, 0.15) is 11.5 Å². The number of benzene rings is 4. The summed E-state index contributed by atoms with van der Waals surface area (Å²) in [5.74, 6) is 0.795. The Balaban J connectivity index is 1.39. The second-order valence-corrected chi connectivity index (χ2v) is 9.27. The van der Waals surface area contributed by atoms with Gasteiger partial charge in [-0.3, -0.25) is 0 Å². The second-order valence-electron chi connectivity index (χ2n) is 8.83. The van der Waals surface area contributed by atoms with E-state index in [2.05, 4.69) is 17.2 Å². The van der Waals surface area contributed by atoms with Crippen molar-refractivity contribution in [2.75, 3.05) is 6.61 Å². The Kier molecular flexibility index (Phi) is 9.67. The fourth-order valence-corrected chi connectivity index (χ4v) is 4.10. The Morgan fingerprint density at radius 1 is 0.757 bits per heavy atom. The molecule has 0 saturated heterocycles. The molecule has 0 heterocycles. The molecule has 0 fully saturated rings. The Hall–Kier alpha value is -3.70. The number of azo groups is 1. The van der Waals surface area contributed by atoms with Crippen LogP contribution in [0.15, 0.2) is 95.2 Å². The van der Waals surface area contributed by atoms with E-state index in [1.807, 2.05) is 36.4 Å². The number of halogens is 1. The van der Waals surface area contributed by atoms with Crippen LogP contribution in [-0.2, 0) is 0 Å². The Morgan fingerprint density at radius 2 is 1.46 bits per heavy atom. The summed E-state index contributed by atoms with van der Waals surface area (Å²) in [5, 5.41) is 11.0. The third-order valence-corrected chi connectivity index (χ3v) is 6.27. The summed E-state index contributed by atoms with van der Waals surface area (Å²) in [6.07, 6.45) is 7.31. The van der Waals surface area contributed by atoms with Gasteiger partial charge in [-0.05, 0) is 67.1 Å². The van der Waals surface area contributed by atoms with Crippen molar-refractivity contribution < 1.29 is 14.3 Å². The van der Waals surface area contributed by atoms with Gasteiger partial charge in [-0.1, -0.05) is 74.9 Å². The van der Waals surface area contributed by atoms with Crippen LogP contribution in [0.4, 0.5) is 11.4 Å². The van der Waals surface area contributed by atoms with Gasteiger partial charge in [-0.25, -0.2) is 4.79 Å². The Bertz CT molecular complexity index is 1340. The summed E-state index contributed by atoms with van der Waals surface area (Å²) in [7, 11) is 0. The summed E-state index contributed by atoms with van der Waals surface area (Å²) >= 11 is 5.94. The van der Waals surface area contributed by atoms with E-state index in [0.717, 1.165) is 22.9 Å². The van der Waals surface area contributed by atoms with E-state index in [1.165, 1.54) is 32.1 Å². The van der Waals surface area contributed by atoms with Crippen molar-refractivity contribution in [3.05, 3.63) is 95.5 Å². The van der Waals surface area contributed by atoms with Gasteiger partial charge in [0.05, 0.1) is 23.5 Å². The number of hydrogen-bond donors (Lipinski definition) is 0. The minimum absolute atomic E-state index is 0.428. The zero-order chi connectivity index (χ0) is 25.9. The van der Waals surface area contributed by atoms with Gasteiger partial charge in [0.25, 0.3) is 0 Å².